The Kier molecular flexibility index (Phi) is 10.1. The molecule has 0 bridgehead atoms. The topological polar surface area (TPSA) is 77.5 Å². The molecule has 0 atom stereocenters. The number of rotatable bonds is 10. The van der Waals surface area contributed by atoms with Gasteiger partial charge in [-0.05, 0) is 44.4 Å². The van der Waals surface area contributed by atoms with Crippen LogP contribution in [0.2, 0.25) is 0 Å². The van der Waals surface area contributed by atoms with Gasteiger partial charge in [-0.1, -0.05) is 41.7 Å². The lowest BCUT2D eigenvalue weighted by Gasteiger charge is -2.35. The number of para-hydroxylation sites is 1. The number of anilines is 1. The van der Waals surface area contributed by atoms with Gasteiger partial charge in [-0.2, -0.15) is 0 Å². The molecule has 2 heterocycles. The molecule has 212 valence electrons. The molecule has 8 nitrogen and oxygen atoms in total. The van der Waals surface area contributed by atoms with Crippen LogP contribution >= 0.6 is 0 Å². The van der Waals surface area contributed by atoms with Gasteiger partial charge in [0.1, 0.15) is 30.3 Å². The van der Waals surface area contributed by atoms with E-state index in [1.165, 1.54) is 12.8 Å². The molecule has 0 unspecified atom stereocenters. The van der Waals surface area contributed by atoms with E-state index < -0.39 is 5.97 Å². The highest BCUT2D eigenvalue weighted by Gasteiger charge is 2.33. The van der Waals surface area contributed by atoms with E-state index >= 15 is 0 Å². The van der Waals surface area contributed by atoms with E-state index in [0.717, 1.165) is 48.4 Å². The van der Waals surface area contributed by atoms with Crippen LogP contribution in [-0.4, -0.2) is 70.4 Å². The largest absolute Gasteiger partial charge is 0.496 e. The maximum absolute atomic E-state index is 12.7. The summed E-state index contributed by atoms with van der Waals surface area (Å²) in [5.41, 5.74) is 5.17. The lowest BCUT2D eigenvalue weighted by molar-refractivity contribution is -0.140. The van der Waals surface area contributed by atoms with Gasteiger partial charge < -0.3 is 23.8 Å². The minimum absolute atomic E-state index is 0.147. The Labute approximate surface area is 236 Å². The van der Waals surface area contributed by atoms with Gasteiger partial charge in [0.25, 0.3) is 0 Å². The van der Waals surface area contributed by atoms with E-state index in [2.05, 4.69) is 45.9 Å². The van der Waals surface area contributed by atoms with Crippen molar-refractivity contribution in [3.8, 4) is 23.3 Å². The highest BCUT2D eigenvalue weighted by atomic mass is 16.5. The number of methoxy groups -OCH3 is 2. The maximum Gasteiger partial charge on any atom is 0.342 e. The van der Waals surface area contributed by atoms with E-state index in [1.54, 1.807) is 7.11 Å². The van der Waals surface area contributed by atoms with Crippen LogP contribution in [-0.2, 0) is 27.3 Å². The number of esters is 2. The van der Waals surface area contributed by atoms with Gasteiger partial charge in [0.15, 0.2) is 0 Å². The van der Waals surface area contributed by atoms with Crippen LogP contribution in [0.25, 0.3) is 0 Å². The van der Waals surface area contributed by atoms with E-state index in [4.69, 9.17) is 18.9 Å². The second kappa shape index (κ2) is 13.9. The molecule has 0 spiro atoms. The van der Waals surface area contributed by atoms with E-state index in [9.17, 15) is 9.59 Å². The van der Waals surface area contributed by atoms with Gasteiger partial charge in [0.2, 0.25) is 0 Å². The number of piperazine rings is 1. The number of ether oxygens (including phenoxy) is 4. The SMILES string of the molecule is COC(=O)CC/C(C)=C/Cc1c(OC)c(C)c2c(c1OCC#CCN1CCN(c3ccccc3)CC1)C(=O)OC2. The zero-order valence-electron chi connectivity index (χ0n) is 23.9. The molecule has 1 saturated heterocycles. The predicted molar refractivity (Wildman–Crippen MR) is 154 cm³/mol. The van der Waals surface area contributed by atoms with Gasteiger partial charge in [-0.15, -0.1) is 0 Å². The number of allylic oxidation sites excluding steroid dienone is 2. The van der Waals surface area contributed by atoms with Crippen molar-refractivity contribution in [3.05, 3.63) is 64.2 Å². The summed E-state index contributed by atoms with van der Waals surface area (Å²) in [5, 5.41) is 0. The smallest absolute Gasteiger partial charge is 0.342 e. The first kappa shape index (κ1) is 29.0. The average molecular weight is 547 g/mol. The summed E-state index contributed by atoms with van der Waals surface area (Å²) < 4.78 is 22.1. The molecule has 2 aliphatic rings. The van der Waals surface area contributed by atoms with Gasteiger partial charge >= 0.3 is 11.9 Å². The summed E-state index contributed by atoms with van der Waals surface area (Å²) in [6.07, 6.45) is 3.40. The predicted octanol–water partition coefficient (Wildman–Crippen LogP) is 4.32. The highest BCUT2D eigenvalue weighted by molar-refractivity contribution is 5.98. The Hall–Kier alpha value is -3.96. The fourth-order valence-electron chi connectivity index (χ4n) is 5.08. The number of hydrogen-bond acceptors (Lipinski definition) is 8. The molecule has 1 fully saturated rings. The highest BCUT2D eigenvalue weighted by Crippen LogP contribution is 2.42. The van der Waals surface area contributed by atoms with Crippen molar-refractivity contribution >= 4 is 17.6 Å². The monoisotopic (exact) mass is 546 g/mol. The standard InChI is InChI=1S/C32H38N2O6/c1-23(13-15-28(35)37-3)12-14-26-30(38-4)24(2)27-22-40-32(36)29(27)31(26)39-21-9-8-16-33-17-19-34(20-18-33)25-10-6-5-7-11-25/h5-7,10-12H,13-22H2,1-4H3/b23-12+. The molecule has 0 aliphatic carbocycles. The van der Waals surface area contributed by atoms with Crippen LogP contribution in [0.1, 0.15) is 46.8 Å². The molecule has 0 saturated carbocycles. The second-order valence-corrected chi connectivity index (χ2v) is 9.97. The fraction of sp³-hybridized carbons (Fsp3) is 0.438. The first-order valence-corrected chi connectivity index (χ1v) is 13.7. The first-order chi connectivity index (χ1) is 19.4. The summed E-state index contributed by atoms with van der Waals surface area (Å²) in [6.45, 7) is 8.74. The molecular weight excluding hydrogens is 508 g/mol. The second-order valence-electron chi connectivity index (χ2n) is 9.97. The number of nitrogens with zero attached hydrogens (tertiary/aromatic N) is 2. The summed E-state index contributed by atoms with van der Waals surface area (Å²) in [4.78, 5) is 29.0. The molecule has 4 rings (SSSR count). The maximum atomic E-state index is 12.7. The van der Waals surface area contributed by atoms with Crippen molar-refractivity contribution in [1.29, 1.82) is 0 Å². The molecule has 2 aromatic carbocycles. The summed E-state index contributed by atoms with van der Waals surface area (Å²) in [5.74, 6) is 6.85. The molecule has 2 aliphatic heterocycles. The molecule has 0 amide bonds. The van der Waals surface area contributed by atoms with E-state index in [1.807, 2.05) is 26.0 Å². The number of fused-ring (bicyclic) bond motifs is 1. The lowest BCUT2D eigenvalue weighted by atomic mass is 9.94. The van der Waals surface area contributed by atoms with Crippen LogP contribution in [0.4, 0.5) is 5.69 Å². The Morgan fingerprint density at radius 3 is 2.50 bits per heavy atom. The average Bonchev–Trinajstić information content (AvgIpc) is 3.38. The van der Waals surface area contributed by atoms with Crippen molar-refractivity contribution in [2.75, 3.05) is 58.5 Å². The van der Waals surface area contributed by atoms with E-state index in [0.29, 0.717) is 42.9 Å². The van der Waals surface area contributed by atoms with Crippen LogP contribution in [0.5, 0.6) is 11.5 Å². The van der Waals surface area contributed by atoms with Crippen molar-refractivity contribution in [3.63, 3.8) is 0 Å². The molecule has 0 aromatic heterocycles. The summed E-state index contributed by atoms with van der Waals surface area (Å²) >= 11 is 0. The number of cyclic esters (lactones) is 1. The zero-order valence-corrected chi connectivity index (χ0v) is 23.9. The van der Waals surface area contributed by atoms with Crippen molar-refractivity contribution < 1.29 is 28.5 Å². The minimum Gasteiger partial charge on any atom is -0.496 e. The molecule has 0 N–H and O–H groups in total. The molecule has 8 heteroatoms. The number of carbonyl (C=O) groups excluding carboxylic acids is 2. The normalized spacial score (nSPS) is 15.2. The summed E-state index contributed by atoms with van der Waals surface area (Å²) in [6, 6.07) is 10.5. The molecule has 0 radical (unpaired) electrons. The lowest BCUT2D eigenvalue weighted by Crippen LogP contribution is -2.46. The van der Waals surface area contributed by atoms with Crippen molar-refractivity contribution in [1.82, 2.24) is 4.90 Å². The Morgan fingerprint density at radius 2 is 1.80 bits per heavy atom. The number of hydrogen-bond donors (Lipinski definition) is 0. The van der Waals surface area contributed by atoms with Crippen LogP contribution < -0.4 is 14.4 Å². The first-order valence-electron chi connectivity index (χ1n) is 13.7. The third-order valence-corrected chi connectivity index (χ3v) is 7.44. The van der Waals surface area contributed by atoms with Gasteiger partial charge in [-0.3, -0.25) is 9.69 Å². The minimum atomic E-state index is -0.396. The summed E-state index contributed by atoms with van der Waals surface area (Å²) in [7, 11) is 3.00. The van der Waals surface area contributed by atoms with Crippen molar-refractivity contribution in [2.24, 2.45) is 0 Å². The molecular formula is C32H38N2O6. The van der Waals surface area contributed by atoms with Crippen molar-refractivity contribution in [2.45, 2.75) is 39.7 Å². The third-order valence-electron chi connectivity index (χ3n) is 7.44. The molecule has 2 aromatic rings. The van der Waals surface area contributed by atoms with Crippen LogP contribution in [0.3, 0.4) is 0 Å². The Morgan fingerprint density at radius 1 is 1.05 bits per heavy atom. The quantitative estimate of drug-likeness (QED) is 0.248. The fourth-order valence-corrected chi connectivity index (χ4v) is 5.08. The van der Waals surface area contributed by atoms with Gasteiger partial charge in [0, 0.05) is 49.4 Å². The zero-order chi connectivity index (χ0) is 28.5. The Bertz CT molecular complexity index is 1300. The van der Waals surface area contributed by atoms with Crippen LogP contribution in [0.15, 0.2) is 42.0 Å². The van der Waals surface area contributed by atoms with E-state index in [-0.39, 0.29) is 19.2 Å². The van der Waals surface area contributed by atoms with Gasteiger partial charge in [-0.25, -0.2) is 4.79 Å². The van der Waals surface area contributed by atoms with Gasteiger partial charge in [0.05, 0.1) is 20.8 Å². The Balaban J connectivity index is 1.43. The number of benzene rings is 2. The number of carbonyl (C=O) groups is 2. The molecule has 40 heavy (non-hydrogen) atoms. The third kappa shape index (κ3) is 6.97. The van der Waals surface area contributed by atoms with Crippen LogP contribution in [0, 0.1) is 18.8 Å².